The van der Waals surface area contributed by atoms with Crippen molar-refractivity contribution in [3.63, 3.8) is 0 Å². The van der Waals surface area contributed by atoms with E-state index in [4.69, 9.17) is 58.0 Å². The third kappa shape index (κ3) is 3.51. The highest BCUT2D eigenvalue weighted by molar-refractivity contribution is 6.95. The van der Waals surface area contributed by atoms with Gasteiger partial charge in [0, 0.05) is 0 Å². The lowest BCUT2D eigenvalue weighted by atomic mass is 10.2. The molecule has 0 atom stereocenters. The number of anilines is 1. The van der Waals surface area contributed by atoms with Crippen LogP contribution in [-0.2, 0) is 0 Å². The van der Waals surface area contributed by atoms with Crippen LogP contribution in [0.1, 0.15) is 0 Å². The first-order valence-electron chi connectivity index (χ1n) is 4.26. The molecule has 1 aromatic carbocycles. The van der Waals surface area contributed by atoms with E-state index in [9.17, 15) is 22.0 Å². The number of hydrogen-bond acceptors (Lipinski definition) is 2. The molecule has 0 aliphatic rings. The Balaban J connectivity index is 3.70. The first kappa shape index (κ1) is 17.8. The molecule has 1 rings (SSSR count). The summed E-state index contributed by atoms with van der Waals surface area (Å²) in [5, 5.41) is 2.82. The molecular formula is C8Cl5F5N2. The Morgan fingerprint density at radius 2 is 1.15 bits per heavy atom. The first-order valence-corrected chi connectivity index (χ1v) is 6.15. The van der Waals surface area contributed by atoms with E-state index in [1.54, 1.807) is 0 Å². The Morgan fingerprint density at radius 1 is 0.800 bits per heavy atom. The van der Waals surface area contributed by atoms with E-state index in [1.165, 1.54) is 0 Å². The molecule has 0 aliphatic heterocycles. The van der Waals surface area contributed by atoms with Gasteiger partial charge in [-0.2, -0.15) is 0 Å². The molecule has 0 heterocycles. The van der Waals surface area contributed by atoms with Gasteiger partial charge in [-0.1, -0.05) is 34.8 Å². The molecule has 0 fully saturated rings. The molecule has 0 aliphatic carbocycles. The highest BCUT2D eigenvalue weighted by Gasteiger charge is 2.38. The van der Waals surface area contributed by atoms with Crippen molar-refractivity contribution in [1.82, 2.24) is 0 Å². The number of hydrogen-bond donors (Lipinski definition) is 0. The molecule has 0 amide bonds. The second-order valence-electron chi connectivity index (χ2n) is 3.04. The summed E-state index contributed by atoms with van der Waals surface area (Å²) in [6, 6.07) is 0. The molecule has 0 radical (unpaired) electrons. The number of benzene rings is 1. The number of alkyl halides is 3. The van der Waals surface area contributed by atoms with Crippen molar-refractivity contribution in [1.29, 1.82) is 0 Å². The van der Waals surface area contributed by atoms with E-state index >= 15 is 0 Å². The zero-order chi connectivity index (χ0) is 15.8. The van der Waals surface area contributed by atoms with Gasteiger partial charge in [0.05, 0.1) is 0 Å². The summed E-state index contributed by atoms with van der Waals surface area (Å²) in [4.78, 5) is 0. The Morgan fingerprint density at radius 3 is 1.45 bits per heavy atom. The fourth-order valence-electron chi connectivity index (χ4n) is 1.09. The molecule has 1 aromatic rings. The third-order valence-corrected chi connectivity index (χ3v) is 2.45. The molecule has 0 N–H and O–H groups in total. The number of halogens is 10. The van der Waals surface area contributed by atoms with Crippen LogP contribution in [0.2, 0.25) is 0 Å². The standard InChI is InChI=1S/C8Cl5F5N2/c9-7(10)19-20(8(11,12)13)6-4(17)2(15)1(14)3(16)5(6)18. The molecule has 112 valence electrons. The van der Waals surface area contributed by atoms with Gasteiger partial charge >= 0.3 is 0 Å². The molecule has 2 nitrogen and oxygen atoms in total. The predicted octanol–water partition coefficient (Wildman–Crippen LogP) is 5.26. The van der Waals surface area contributed by atoms with E-state index in [0.717, 1.165) is 0 Å². The smallest absolute Gasteiger partial charge is 0.208 e. The zero-order valence-electron chi connectivity index (χ0n) is 8.67. The quantitative estimate of drug-likeness (QED) is 0.127. The lowest BCUT2D eigenvalue weighted by molar-refractivity contribution is 0.378. The van der Waals surface area contributed by atoms with Crippen molar-refractivity contribution >= 4 is 68.3 Å². The van der Waals surface area contributed by atoms with Crippen molar-refractivity contribution in [3.8, 4) is 0 Å². The summed E-state index contributed by atoms with van der Waals surface area (Å²) in [5.74, 6) is -11.4. The summed E-state index contributed by atoms with van der Waals surface area (Å²) in [5.41, 5.74) is -1.62. The number of rotatable bonds is 2. The highest BCUT2D eigenvalue weighted by Crippen LogP contribution is 2.40. The highest BCUT2D eigenvalue weighted by atomic mass is 35.6. The van der Waals surface area contributed by atoms with Gasteiger partial charge in [0.25, 0.3) is 3.92 Å². The van der Waals surface area contributed by atoms with Crippen molar-refractivity contribution < 1.29 is 22.0 Å². The van der Waals surface area contributed by atoms with Gasteiger partial charge in [-0.3, -0.25) is 0 Å². The Kier molecular flexibility index (Phi) is 5.60. The summed E-state index contributed by atoms with van der Waals surface area (Å²) in [6.07, 6.45) is 0. The van der Waals surface area contributed by atoms with Crippen molar-refractivity contribution in [2.24, 2.45) is 5.10 Å². The predicted molar refractivity (Wildman–Crippen MR) is 68.1 cm³/mol. The maximum absolute atomic E-state index is 13.5. The molecule has 20 heavy (non-hydrogen) atoms. The van der Waals surface area contributed by atoms with Crippen LogP contribution in [0, 0.1) is 29.1 Å². The second kappa shape index (κ2) is 6.27. The van der Waals surface area contributed by atoms with E-state index in [1.807, 2.05) is 0 Å². The maximum Gasteiger partial charge on any atom is 0.287 e. The van der Waals surface area contributed by atoms with Gasteiger partial charge < -0.3 is 0 Å². The molecule has 0 aromatic heterocycles. The fourth-order valence-corrected chi connectivity index (χ4v) is 1.61. The largest absolute Gasteiger partial charge is 0.287 e. The molecule has 0 saturated heterocycles. The normalized spacial score (nSPS) is 11.5. The van der Waals surface area contributed by atoms with Crippen molar-refractivity contribution in [2.45, 2.75) is 3.92 Å². The number of hydrazone groups is 1. The van der Waals surface area contributed by atoms with Crippen LogP contribution in [-0.4, -0.2) is 8.55 Å². The van der Waals surface area contributed by atoms with Crippen LogP contribution >= 0.6 is 58.0 Å². The summed E-state index contributed by atoms with van der Waals surface area (Å²) >= 11 is 26.3. The lowest BCUT2D eigenvalue weighted by Gasteiger charge is -2.26. The Hall–Kier alpha value is -0.210. The minimum atomic E-state index is -2.73. The molecule has 0 saturated carbocycles. The minimum Gasteiger partial charge on any atom is -0.208 e. The van der Waals surface area contributed by atoms with Gasteiger partial charge in [0.2, 0.25) is 10.4 Å². The molecule has 12 heteroatoms. The molecular weight excluding hydrogens is 396 g/mol. The van der Waals surface area contributed by atoms with Crippen LogP contribution in [0.15, 0.2) is 5.10 Å². The van der Waals surface area contributed by atoms with Gasteiger partial charge in [-0.15, -0.1) is 5.10 Å². The van der Waals surface area contributed by atoms with Gasteiger partial charge in [-0.25, -0.2) is 27.0 Å². The molecule has 0 spiro atoms. The second-order valence-corrected chi connectivity index (χ2v) is 6.17. The molecule has 0 bridgehead atoms. The van der Waals surface area contributed by atoms with Crippen LogP contribution in [0.4, 0.5) is 27.6 Å². The van der Waals surface area contributed by atoms with Gasteiger partial charge in [-0.05, 0) is 23.2 Å². The molecule has 0 unspecified atom stereocenters. The summed E-state index contributed by atoms with van der Waals surface area (Å²) in [7, 11) is 0. The van der Waals surface area contributed by atoms with Crippen LogP contribution < -0.4 is 5.01 Å². The first-order chi connectivity index (χ1) is 8.98. The summed E-state index contributed by atoms with van der Waals surface area (Å²) in [6.45, 7) is 0. The zero-order valence-corrected chi connectivity index (χ0v) is 12.5. The van der Waals surface area contributed by atoms with Gasteiger partial charge in [0.1, 0.15) is 5.69 Å². The van der Waals surface area contributed by atoms with Crippen LogP contribution in [0.3, 0.4) is 0 Å². The van der Waals surface area contributed by atoms with E-state index in [-0.39, 0.29) is 5.01 Å². The maximum atomic E-state index is 13.5. The third-order valence-electron chi connectivity index (χ3n) is 1.81. The van der Waals surface area contributed by atoms with Crippen LogP contribution in [0.25, 0.3) is 0 Å². The van der Waals surface area contributed by atoms with Gasteiger partial charge in [0.15, 0.2) is 23.3 Å². The topological polar surface area (TPSA) is 15.6 Å². The monoisotopic (exact) mass is 394 g/mol. The van der Waals surface area contributed by atoms with Crippen molar-refractivity contribution in [2.75, 3.05) is 5.01 Å². The van der Waals surface area contributed by atoms with Crippen molar-refractivity contribution in [3.05, 3.63) is 29.1 Å². The van der Waals surface area contributed by atoms with Crippen LogP contribution in [0.5, 0.6) is 0 Å². The van der Waals surface area contributed by atoms with E-state index in [2.05, 4.69) is 5.10 Å². The number of nitrogens with zero attached hydrogens (tertiary/aromatic N) is 2. The lowest BCUT2D eigenvalue weighted by Crippen LogP contribution is -2.33. The average Bonchev–Trinajstić information content (AvgIpc) is 2.31. The summed E-state index contributed by atoms with van der Waals surface area (Å²) < 4.78 is 62.4. The Labute approximate surface area is 133 Å². The Bertz CT molecular complexity index is 540. The minimum absolute atomic E-state index is 0.177. The average molecular weight is 396 g/mol. The fraction of sp³-hybridized carbons (Fsp3) is 0.125. The van der Waals surface area contributed by atoms with E-state index in [0.29, 0.717) is 0 Å². The van der Waals surface area contributed by atoms with E-state index < -0.39 is 43.3 Å². The SMILES string of the molecule is Fc1c(F)c(F)c(N(N=C(Cl)Cl)C(Cl)(Cl)Cl)c(F)c1F.